The lowest BCUT2D eigenvalue weighted by atomic mass is 9.83. The van der Waals surface area contributed by atoms with Crippen molar-refractivity contribution in [1.82, 2.24) is 15.5 Å². The van der Waals surface area contributed by atoms with Gasteiger partial charge in [0.1, 0.15) is 6.54 Å². The molecular formula is C20H39IN4O3. The van der Waals surface area contributed by atoms with Gasteiger partial charge in [0.15, 0.2) is 5.96 Å². The van der Waals surface area contributed by atoms with E-state index in [0.29, 0.717) is 5.92 Å². The van der Waals surface area contributed by atoms with Crippen LogP contribution in [-0.2, 0) is 14.3 Å². The molecule has 1 aliphatic carbocycles. The number of ether oxygens (including phenoxy) is 2. The second-order valence-corrected chi connectivity index (χ2v) is 8.07. The van der Waals surface area contributed by atoms with Gasteiger partial charge in [-0.3, -0.25) is 4.79 Å². The molecule has 0 aromatic carbocycles. The Labute approximate surface area is 187 Å². The Morgan fingerprint density at radius 1 is 1.29 bits per heavy atom. The fraction of sp³-hybridized carbons (Fsp3) is 0.900. The van der Waals surface area contributed by atoms with Crippen molar-refractivity contribution in [3.05, 3.63) is 0 Å². The molecule has 0 aromatic rings. The maximum atomic E-state index is 11.9. The minimum atomic E-state index is 0. The normalized spacial score (nSPS) is 21.2. The first-order valence-corrected chi connectivity index (χ1v) is 10.4. The number of guanidine groups is 1. The van der Waals surface area contributed by atoms with Crippen LogP contribution in [0.1, 0.15) is 45.4 Å². The van der Waals surface area contributed by atoms with E-state index in [1.54, 1.807) is 19.0 Å². The first-order chi connectivity index (χ1) is 13.0. The molecule has 28 heavy (non-hydrogen) atoms. The van der Waals surface area contributed by atoms with Crippen molar-refractivity contribution >= 4 is 35.8 Å². The molecule has 0 radical (unpaired) electrons. The van der Waals surface area contributed by atoms with E-state index in [1.807, 2.05) is 6.92 Å². The molecular weight excluding hydrogens is 471 g/mol. The lowest BCUT2D eigenvalue weighted by Gasteiger charge is -2.30. The van der Waals surface area contributed by atoms with Crippen molar-refractivity contribution in [3.8, 4) is 0 Å². The van der Waals surface area contributed by atoms with Gasteiger partial charge < -0.3 is 25.0 Å². The summed E-state index contributed by atoms with van der Waals surface area (Å²) in [5.41, 5.74) is 0.277. The molecule has 0 aromatic heterocycles. The molecule has 0 bridgehead atoms. The molecule has 1 saturated carbocycles. The molecule has 1 atom stereocenters. The predicted octanol–water partition coefficient (Wildman–Crippen LogP) is 2.25. The smallest absolute Gasteiger partial charge is 0.243 e. The van der Waals surface area contributed by atoms with Crippen LogP contribution in [0, 0.1) is 11.3 Å². The van der Waals surface area contributed by atoms with Crippen molar-refractivity contribution in [3.63, 3.8) is 0 Å². The van der Waals surface area contributed by atoms with Crippen molar-refractivity contribution in [2.24, 2.45) is 16.3 Å². The summed E-state index contributed by atoms with van der Waals surface area (Å²) < 4.78 is 11.1. The number of likely N-dealkylation sites (N-methyl/N-ethyl adjacent to an activating group) is 1. The first kappa shape index (κ1) is 25.4. The molecule has 2 N–H and O–H groups in total. The summed E-state index contributed by atoms with van der Waals surface area (Å²) in [6, 6.07) is 0. The van der Waals surface area contributed by atoms with Crippen LogP contribution in [0.15, 0.2) is 4.99 Å². The Kier molecular flexibility index (Phi) is 12.3. The molecule has 1 aliphatic heterocycles. The van der Waals surface area contributed by atoms with E-state index in [4.69, 9.17) is 9.47 Å². The highest BCUT2D eigenvalue weighted by atomic mass is 127. The van der Waals surface area contributed by atoms with Gasteiger partial charge in [-0.05, 0) is 38.0 Å². The van der Waals surface area contributed by atoms with Crippen LogP contribution in [-0.4, -0.2) is 76.9 Å². The first-order valence-electron chi connectivity index (χ1n) is 10.4. The van der Waals surface area contributed by atoms with Gasteiger partial charge in [-0.15, -0.1) is 24.0 Å². The predicted molar refractivity (Wildman–Crippen MR) is 123 cm³/mol. The Balaban J connectivity index is 0.00000392. The number of amides is 1. The number of halogens is 1. The lowest BCUT2D eigenvalue weighted by Crippen LogP contribution is -2.45. The highest BCUT2D eigenvalue weighted by Gasteiger charge is 2.33. The minimum absolute atomic E-state index is 0. The van der Waals surface area contributed by atoms with E-state index in [9.17, 15) is 4.79 Å². The number of rotatable bonds is 10. The zero-order valence-electron chi connectivity index (χ0n) is 17.8. The second-order valence-electron chi connectivity index (χ2n) is 8.07. The van der Waals surface area contributed by atoms with E-state index < -0.39 is 0 Å². The SMILES string of the molecule is CCOCCC1(CNC(=NCC(=O)N(C)C)NCC2CCOC2)CCCC1.I. The number of hydrogen-bond donors (Lipinski definition) is 2. The Morgan fingerprint density at radius 2 is 2.04 bits per heavy atom. The summed E-state index contributed by atoms with van der Waals surface area (Å²) >= 11 is 0. The van der Waals surface area contributed by atoms with Gasteiger partial charge >= 0.3 is 0 Å². The third-order valence-corrected chi connectivity index (χ3v) is 5.73. The fourth-order valence-corrected chi connectivity index (χ4v) is 3.79. The van der Waals surface area contributed by atoms with Crippen LogP contribution in [0.4, 0.5) is 0 Å². The molecule has 1 amide bonds. The van der Waals surface area contributed by atoms with Gasteiger partial charge in [0.2, 0.25) is 5.91 Å². The zero-order chi connectivity index (χ0) is 19.5. The molecule has 0 spiro atoms. The maximum absolute atomic E-state index is 11.9. The fourth-order valence-electron chi connectivity index (χ4n) is 3.79. The minimum Gasteiger partial charge on any atom is -0.382 e. The zero-order valence-corrected chi connectivity index (χ0v) is 20.1. The van der Waals surface area contributed by atoms with Crippen LogP contribution in [0.25, 0.3) is 0 Å². The van der Waals surface area contributed by atoms with Gasteiger partial charge in [0.25, 0.3) is 0 Å². The maximum Gasteiger partial charge on any atom is 0.243 e. The monoisotopic (exact) mass is 510 g/mol. The van der Waals surface area contributed by atoms with E-state index in [2.05, 4.69) is 15.6 Å². The number of nitrogens with one attached hydrogen (secondary N) is 2. The largest absolute Gasteiger partial charge is 0.382 e. The van der Waals surface area contributed by atoms with Gasteiger partial charge in [-0.1, -0.05) is 12.8 Å². The van der Waals surface area contributed by atoms with Crippen molar-refractivity contribution < 1.29 is 14.3 Å². The number of hydrogen-bond acceptors (Lipinski definition) is 4. The van der Waals surface area contributed by atoms with Crippen molar-refractivity contribution in [2.75, 3.05) is 60.2 Å². The number of carbonyl (C=O) groups is 1. The van der Waals surface area contributed by atoms with Gasteiger partial charge in [-0.25, -0.2) is 4.99 Å². The topological polar surface area (TPSA) is 75.2 Å². The molecule has 2 rings (SSSR count). The number of nitrogens with zero attached hydrogens (tertiary/aromatic N) is 2. The molecule has 2 fully saturated rings. The third-order valence-electron chi connectivity index (χ3n) is 5.73. The average molecular weight is 510 g/mol. The molecule has 1 saturated heterocycles. The van der Waals surface area contributed by atoms with Crippen molar-refractivity contribution in [2.45, 2.75) is 45.4 Å². The van der Waals surface area contributed by atoms with Crippen LogP contribution in [0.2, 0.25) is 0 Å². The Hall–Kier alpha value is -0.610. The Morgan fingerprint density at radius 3 is 2.64 bits per heavy atom. The molecule has 164 valence electrons. The van der Waals surface area contributed by atoms with E-state index in [0.717, 1.165) is 58.3 Å². The summed E-state index contributed by atoms with van der Waals surface area (Å²) in [7, 11) is 3.52. The van der Waals surface area contributed by atoms with Gasteiger partial charge in [0, 0.05) is 52.9 Å². The van der Waals surface area contributed by atoms with Crippen LogP contribution < -0.4 is 10.6 Å². The molecule has 1 unspecified atom stereocenters. The Bertz CT molecular complexity index is 476. The van der Waals surface area contributed by atoms with Crippen LogP contribution >= 0.6 is 24.0 Å². The molecule has 2 aliphatic rings. The summed E-state index contributed by atoms with van der Waals surface area (Å²) in [6.45, 7) is 7.14. The highest BCUT2D eigenvalue weighted by molar-refractivity contribution is 14.0. The summed E-state index contributed by atoms with van der Waals surface area (Å²) in [6.07, 6.45) is 7.18. The van der Waals surface area contributed by atoms with E-state index >= 15 is 0 Å². The van der Waals surface area contributed by atoms with Gasteiger partial charge in [0.05, 0.1) is 6.61 Å². The third kappa shape index (κ3) is 8.82. The summed E-state index contributed by atoms with van der Waals surface area (Å²) in [5, 5.41) is 6.94. The second kappa shape index (κ2) is 13.6. The average Bonchev–Trinajstić information content (AvgIpc) is 3.33. The summed E-state index contributed by atoms with van der Waals surface area (Å²) in [4.78, 5) is 18.0. The molecule has 7 nitrogen and oxygen atoms in total. The standard InChI is InChI=1S/C20H38N4O3.HI/c1-4-26-12-10-20(8-5-6-9-20)16-23-19(22-14-18(25)24(2)3)21-13-17-7-11-27-15-17;/h17H,4-16H2,1-3H3,(H2,21,22,23);1H. The molecule has 1 heterocycles. The highest BCUT2D eigenvalue weighted by Crippen LogP contribution is 2.40. The van der Waals surface area contributed by atoms with Crippen LogP contribution in [0.5, 0.6) is 0 Å². The van der Waals surface area contributed by atoms with Crippen molar-refractivity contribution in [1.29, 1.82) is 0 Å². The number of carbonyl (C=O) groups excluding carboxylic acids is 1. The lowest BCUT2D eigenvalue weighted by molar-refractivity contribution is -0.127. The quantitative estimate of drug-likeness (QED) is 0.204. The van der Waals surface area contributed by atoms with E-state index in [1.165, 1.54) is 25.7 Å². The van der Waals surface area contributed by atoms with E-state index in [-0.39, 0.29) is 41.8 Å². The van der Waals surface area contributed by atoms with Gasteiger partial charge in [-0.2, -0.15) is 0 Å². The number of aliphatic imine (C=N–C) groups is 1. The molecule has 8 heteroatoms. The summed E-state index contributed by atoms with van der Waals surface area (Å²) in [5.74, 6) is 1.26. The van der Waals surface area contributed by atoms with Crippen LogP contribution in [0.3, 0.4) is 0 Å².